The van der Waals surface area contributed by atoms with E-state index in [0.717, 1.165) is 33.6 Å². The average molecular weight is 379 g/mol. The van der Waals surface area contributed by atoms with E-state index in [1.165, 1.54) is 0 Å². The topological polar surface area (TPSA) is 64.0 Å². The van der Waals surface area contributed by atoms with Crippen LogP contribution in [0.5, 0.6) is 0 Å². The number of amides is 1. The number of carbonyl (C=O) groups is 1. The van der Waals surface area contributed by atoms with Crippen LogP contribution < -0.4 is 5.32 Å². The van der Waals surface area contributed by atoms with E-state index in [9.17, 15) is 9.00 Å². The third kappa shape index (κ3) is 3.21. The summed E-state index contributed by atoms with van der Waals surface area (Å²) in [6.45, 7) is 6.08. The quantitative estimate of drug-likeness (QED) is 0.753. The van der Waals surface area contributed by atoms with E-state index < -0.39 is 10.8 Å². The molecule has 27 heavy (non-hydrogen) atoms. The summed E-state index contributed by atoms with van der Waals surface area (Å²) in [6, 6.07) is 13.5. The second kappa shape index (κ2) is 6.78. The monoisotopic (exact) mass is 379 g/mol. The van der Waals surface area contributed by atoms with Crippen LogP contribution in [0.15, 0.2) is 42.5 Å². The molecule has 3 aromatic rings. The SMILES string of the molecule is Cc1ccc(C(=O)Nc2c3c(nn2-c2cccc(C)c2C)C[S@@](=O)C3)cc1. The first-order chi connectivity index (χ1) is 12.9. The average Bonchev–Trinajstić information content (AvgIpc) is 3.15. The lowest BCUT2D eigenvalue weighted by molar-refractivity contribution is 0.102. The molecule has 0 saturated heterocycles. The molecule has 1 aliphatic rings. The summed E-state index contributed by atoms with van der Waals surface area (Å²) in [5.41, 5.74) is 6.54. The Hall–Kier alpha value is -2.73. The van der Waals surface area contributed by atoms with Gasteiger partial charge in [-0.25, -0.2) is 4.68 Å². The van der Waals surface area contributed by atoms with Gasteiger partial charge in [-0.05, 0) is 50.1 Å². The summed E-state index contributed by atoms with van der Waals surface area (Å²) in [6.07, 6.45) is 0. The van der Waals surface area contributed by atoms with Gasteiger partial charge in [0.25, 0.3) is 5.91 Å². The molecule has 0 bridgehead atoms. The van der Waals surface area contributed by atoms with E-state index >= 15 is 0 Å². The fourth-order valence-electron chi connectivity index (χ4n) is 3.28. The van der Waals surface area contributed by atoms with E-state index in [1.54, 1.807) is 4.68 Å². The van der Waals surface area contributed by atoms with Crippen LogP contribution in [-0.2, 0) is 22.3 Å². The molecule has 0 aliphatic carbocycles. The van der Waals surface area contributed by atoms with Gasteiger partial charge in [-0.15, -0.1) is 0 Å². The number of aryl methyl sites for hydroxylation is 2. The van der Waals surface area contributed by atoms with Crippen molar-refractivity contribution in [2.75, 3.05) is 5.32 Å². The molecule has 1 atom stereocenters. The first-order valence-electron chi connectivity index (χ1n) is 8.84. The highest BCUT2D eigenvalue weighted by Crippen LogP contribution is 2.32. The normalized spacial score (nSPS) is 15.6. The van der Waals surface area contributed by atoms with Crippen molar-refractivity contribution < 1.29 is 9.00 Å². The molecular formula is C21H21N3O2S. The van der Waals surface area contributed by atoms with Crippen LogP contribution in [0.4, 0.5) is 5.82 Å². The number of nitrogens with one attached hydrogen (secondary N) is 1. The van der Waals surface area contributed by atoms with Crippen LogP contribution >= 0.6 is 0 Å². The lowest BCUT2D eigenvalue weighted by Gasteiger charge is -2.14. The maximum atomic E-state index is 12.8. The lowest BCUT2D eigenvalue weighted by atomic mass is 10.1. The van der Waals surface area contributed by atoms with E-state index in [0.29, 0.717) is 22.9 Å². The van der Waals surface area contributed by atoms with Crippen molar-refractivity contribution in [1.82, 2.24) is 9.78 Å². The Morgan fingerprint density at radius 3 is 2.56 bits per heavy atom. The highest BCUT2D eigenvalue weighted by Gasteiger charge is 2.29. The largest absolute Gasteiger partial charge is 0.306 e. The molecule has 138 valence electrons. The van der Waals surface area contributed by atoms with Crippen molar-refractivity contribution >= 4 is 22.5 Å². The predicted octanol–water partition coefficient (Wildman–Crippen LogP) is 3.81. The summed E-state index contributed by atoms with van der Waals surface area (Å²) in [7, 11) is -0.962. The van der Waals surface area contributed by atoms with Gasteiger partial charge in [-0.3, -0.25) is 9.00 Å². The molecule has 5 nitrogen and oxygen atoms in total. The minimum absolute atomic E-state index is 0.193. The van der Waals surface area contributed by atoms with Crippen LogP contribution in [0, 0.1) is 20.8 Å². The number of carbonyl (C=O) groups excluding carboxylic acids is 1. The van der Waals surface area contributed by atoms with Crippen molar-refractivity contribution in [2.24, 2.45) is 0 Å². The summed E-state index contributed by atoms with van der Waals surface area (Å²) in [5.74, 6) is 1.28. The molecule has 0 saturated carbocycles. The van der Waals surface area contributed by atoms with Crippen LogP contribution in [0.3, 0.4) is 0 Å². The van der Waals surface area contributed by atoms with Crippen LogP contribution in [0.25, 0.3) is 5.69 Å². The Kier molecular flexibility index (Phi) is 4.44. The summed E-state index contributed by atoms with van der Waals surface area (Å²) >= 11 is 0. The fourth-order valence-corrected chi connectivity index (χ4v) is 4.54. The van der Waals surface area contributed by atoms with Crippen molar-refractivity contribution in [3.8, 4) is 5.69 Å². The number of anilines is 1. The first-order valence-corrected chi connectivity index (χ1v) is 10.3. The molecule has 4 rings (SSSR count). The Morgan fingerprint density at radius 1 is 1.07 bits per heavy atom. The maximum Gasteiger partial charge on any atom is 0.256 e. The van der Waals surface area contributed by atoms with Gasteiger partial charge in [-0.1, -0.05) is 29.8 Å². The first kappa shape index (κ1) is 17.7. The summed E-state index contributed by atoms with van der Waals surface area (Å²) in [4.78, 5) is 12.8. The van der Waals surface area contributed by atoms with Crippen LogP contribution in [-0.4, -0.2) is 19.9 Å². The Morgan fingerprint density at radius 2 is 1.81 bits per heavy atom. The van der Waals surface area contributed by atoms with Crippen molar-refractivity contribution in [2.45, 2.75) is 32.3 Å². The zero-order valence-electron chi connectivity index (χ0n) is 15.6. The standard InChI is InChI=1S/C21H21N3O2S/c1-13-7-9-16(10-8-13)21(25)22-20-17-11-27(26)12-18(17)23-24(20)19-6-4-5-14(2)15(19)3/h4-10H,11-12H2,1-3H3,(H,22,25)/t27-/m0/s1. The van der Waals surface area contributed by atoms with Gasteiger partial charge < -0.3 is 5.32 Å². The molecule has 1 amide bonds. The van der Waals surface area contributed by atoms with Crippen molar-refractivity contribution in [3.05, 3.63) is 76.0 Å². The van der Waals surface area contributed by atoms with Gasteiger partial charge >= 0.3 is 0 Å². The van der Waals surface area contributed by atoms with Gasteiger partial charge in [0.05, 0.1) is 22.9 Å². The van der Waals surface area contributed by atoms with Crippen molar-refractivity contribution in [1.29, 1.82) is 0 Å². The van der Waals surface area contributed by atoms with Crippen molar-refractivity contribution in [3.63, 3.8) is 0 Å². The fraction of sp³-hybridized carbons (Fsp3) is 0.238. The molecule has 2 aromatic carbocycles. The van der Waals surface area contributed by atoms with Gasteiger partial charge in [0.1, 0.15) is 5.82 Å². The molecular weight excluding hydrogens is 358 g/mol. The van der Waals surface area contributed by atoms with E-state index in [2.05, 4.69) is 23.4 Å². The van der Waals surface area contributed by atoms with Crippen LogP contribution in [0.1, 0.15) is 38.3 Å². The van der Waals surface area contributed by atoms with E-state index in [-0.39, 0.29) is 5.91 Å². The Bertz CT molecular complexity index is 1070. The second-order valence-corrected chi connectivity index (χ2v) is 8.41. The molecule has 1 N–H and O–H groups in total. The minimum atomic E-state index is -0.962. The summed E-state index contributed by atoms with van der Waals surface area (Å²) in [5, 5.41) is 7.70. The number of rotatable bonds is 3. The summed E-state index contributed by atoms with van der Waals surface area (Å²) < 4.78 is 13.8. The van der Waals surface area contributed by atoms with E-state index in [1.807, 2.05) is 50.2 Å². The lowest BCUT2D eigenvalue weighted by Crippen LogP contribution is -2.17. The molecule has 2 heterocycles. The molecule has 1 aliphatic heterocycles. The number of fused-ring (bicyclic) bond motifs is 1. The number of nitrogens with zero attached hydrogens (tertiary/aromatic N) is 2. The maximum absolute atomic E-state index is 12.8. The van der Waals surface area contributed by atoms with Gasteiger partial charge in [0.15, 0.2) is 0 Å². The molecule has 0 fully saturated rings. The Labute approximate surface area is 160 Å². The predicted molar refractivity (Wildman–Crippen MR) is 108 cm³/mol. The zero-order chi connectivity index (χ0) is 19.1. The molecule has 6 heteroatoms. The highest BCUT2D eigenvalue weighted by molar-refractivity contribution is 7.83. The minimum Gasteiger partial charge on any atom is -0.306 e. The third-order valence-corrected chi connectivity index (χ3v) is 6.23. The highest BCUT2D eigenvalue weighted by atomic mass is 32.2. The molecule has 0 radical (unpaired) electrons. The molecule has 0 spiro atoms. The number of hydrogen-bond acceptors (Lipinski definition) is 3. The zero-order valence-corrected chi connectivity index (χ0v) is 16.4. The number of aromatic nitrogens is 2. The van der Waals surface area contributed by atoms with E-state index in [4.69, 9.17) is 0 Å². The Balaban J connectivity index is 1.79. The van der Waals surface area contributed by atoms with Gasteiger partial charge in [0, 0.05) is 21.9 Å². The smallest absolute Gasteiger partial charge is 0.256 e. The third-order valence-electron chi connectivity index (χ3n) is 5.02. The number of benzene rings is 2. The van der Waals surface area contributed by atoms with Gasteiger partial charge in [0.2, 0.25) is 0 Å². The van der Waals surface area contributed by atoms with Gasteiger partial charge in [-0.2, -0.15) is 5.10 Å². The second-order valence-electron chi connectivity index (χ2n) is 6.95. The van der Waals surface area contributed by atoms with Crippen LogP contribution in [0.2, 0.25) is 0 Å². The molecule has 0 unspecified atom stereocenters. The molecule has 1 aromatic heterocycles. The number of hydrogen-bond donors (Lipinski definition) is 1.